The van der Waals surface area contributed by atoms with Crippen LogP contribution >= 0.6 is 0 Å². The summed E-state index contributed by atoms with van der Waals surface area (Å²) in [5.41, 5.74) is 8.03. The molecular weight excluding hydrogens is 174 g/mol. The maximum atomic E-state index is 5.46. The van der Waals surface area contributed by atoms with Gasteiger partial charge in [0.15, 0.2) is 0 Å². The first-order valence-corrected chi connectivity index (χ1v) is 5.09. The fraction of sp³-hybridized carbons (Fsp3) is 0.500. The van der Waals surface area contributed by atoms with Crippen molar-refractivity contribution >= 4 is 0 Å². The maximum absolute atomic E-state index is 5.46. The zero-order valence-electron chi connectivity index (χ0n) is 8.99. The third-order valence-corrected chi connectivity index (χ3v) is 2.47. The monoisotopic (exact) mass is 193 g/mol. The molecule has 0 bridgehead atoms. The van der Waals surface area contributed by atoms with Crippen molar-refractivity contribution in [2.45, 2.75) is 25.9 Å². The Balaban J connectivity index is 2.59. The van der Waals surface area contributed by atoms with E-state index in [2.05, 4.69) is 31.2 Å². The van der Waals surface area contributed by atoms with Crippen LogP contribution in [0, 0.1) is 0 Å². The number of ether oxygens (including phenoxy) is 1. The van der Waals surface area contributed by atoms with Gasteiger partial charge in [0, 0.05) is 7.11 Å². The second kappa shape index (κ2) is 5.78. The molecule has 1 unspecified atom stereocenters. The van der Waals surface area contributed by atoms with Gasteiger partial charge in [-0.2, -0.15) is 0 Å². The van der Waals surface area contributed by atoms with E-state index in [0.29, 0.717) is 0 Å². The predicted octanol–water partition coefficient (Wildman–Crippen LogP) is 2.29. The van der Waals surface area contributed by atoms with Gasteiger partial charge in [0.25, 0.3) is 0 Å². The molecule has 1 aromatic carbocycles. The lowest BCUT2D eigenvalue weighted by Gasteiger charge is -2.10. The number of benzene rings is 1. The molecule has 0 radical (unpaired) electrons. The minimum atomic E-state index is 0.179. The van der Waals surface area contributed by atoms with Gasteiger partial charge in [0.05, 0.1) is 6.10 Å². The lowest BCUT2D eigenvalue weighted by molar-refractivity contribution is 0.119. The first-order chi connectivity index (χ1) is 6.77. The van der Waals surface area contributed by atoms with E-state index in [1.807, 2.05) is 0 Å². The number of aryl methyl sites for hydroxylation is 1. The number of rotatable bonds is 5. The molecule has 1 aromatic rings. The minimum absolute atomic E-state index is 0.179. The third kappa shape index (κ3) is 3.13. The third-order valence-electron chi connectivity index (χ3n) is 2.47. The molecule has 2 heteroatoms. The van der Waals surface area contributed by atoms with Crippen LogP contribution in [0.4, 0.5) is 0 Å². The Morgan fingerprint density at radius 1 is 1.29 bits per heavy atom. The van der Waals surface area contributed by atoms with E-state index in [0.717, 1.165) is 19.4 Å². The Morgan fingerprint density at radius 3 is 2.43 bits per heavy atom. The Bertz CT molecular complexity index is 256. The molecule has 2 N–H and O–H groups in total. The summed E-state index contributed by atoms with van der Waals surface area (Å²) >= 11 is 0. The van der Waals surface area contributed by atoms with Crippen LogP contribution in [0.3, 0.4) is 0 Å². The van der Waals surface area contributed by atoms with Gasteiger partial charge < -0.3 is 10.5 Å². The van der Waals surface area contributed by atoms with E-state index < -0.39 is 0 Å². The van der Waals surface area contributed by atoms with E-state index in [1.165, 1.54) is 11.1 Å². The van der Waals surface area contributed by atoms with E-state index in [-0.39, 0.29) is 6.10 Å². The summed E-state index contributed by atoms with van der Waals surface area (Å²) in [7, 11) is 1.73. The fourth-order valence-electron chi connectivity index (χ4n) is 1.40. The molecule has 0 aliphatic rings. The van der Waals surface area contributed by atoms with Crippen LogP contribution < -0.4 is 5.73 Å². The van der Waals surface area contributed by atoms with Crippen molar-refractivity contribution < 1.29 is 4.74 Å². The molecule has 0 saturated heterocycles. The van der Waals surface area contributed by atoms with Gasteiger partial charge in [-0.1, -0.05) is 24.3 Å². The second-order valence-corrected chi connectivity index (χ2v) is 3.51. The molecule has 0 amide bonds. The molecule has 78 valence electrons. The summed E-state index contributed by atoms with van der Waals surface area (Å²) in [5.74, 6) is 0. The van der Waals surface area contributed by atoms with Gasteiger partial charge in [0.1, 0.15) is 0 Å². The molecule has 0 spiro atoms. The highest BCUT2D eigenvalue weighted by atomic mass is 16.5. The van der Waals surface area contributed by atoms with Crippen molar-refractivity contribution in [1.82, 2.24) is 0 Å². The molecule has 0 fully saturated rings. The molecule has 14 heavy (non-hydrogen) atoms. The topological polar surface area (TPSA) is 35.2 Å². The first-order valence-electron chi connectivity index (χ1n) is 5.09. The van der Waals surface area contributed by atoms with Gasteiger partial charge in [-0.15, -0.1) is 0 Å². The highest BCUT2D eigenvalue weighted by Gasteiger charge is 2.02. The SMILES string of the molecule is COC(C)c1ccc(CCCN)cc1. The number of hydrogen-bond donors (Lipinski definition) is 1. The molecule has 1 rings (SSSR count). The summed E-state index contributed by atoms with van der Waals surface area (Å²) < 4.78 is 5.24. The van der Waals surface area contributed by atoms with Crippen LogP contribution in [0.15, 0.2) is 24.3 Å². The first kappa shape index (κ1) is 11.2. The maximum Gasteiger partial charge on any atom is 0.0793 e. The molecule has 0 saturated carbocycles. The van der Waals surface area contributed by atoms with E-state index in [9.17, 15) is 0 Å². The van der Waals surface area contributed by atoms with Gasteiger partial charge >= 0.3 is 0 Å². The molecular formula is C12H19NO. The Morgan fingerprint density at radius 2 is 1.93 bits per heavy atom. The molecule has 0 heterocycles. The van der Waals surface area contributed by atoms with Crippen LogP contribution in [-0.2, 0) is 11.2 Å². The van der Waals surface area contributed by atoms with Crippen molar-refractivity contribution in [3.05, 3.63) is 35.4 Å². The highest BCUT2D eigenvalue weighted by molar-refractivity contribution is 5.24. The summed E-state index contributed by atoms with van der Waals surface area (Å²) in [6.45, 7) is 2.81. The van der Waals surface area contributed by atoms with Crippen LogP contribution in [-0.4, -0.2) is 13.7 Å². The van der Waals surface area contributed by atoms with E-state index in [1.54, 1.807) is 7.11 Å². The zero-order valence-corrected chi connectivity index (χ0v) is 8.99. The smallest absolute Gasteiger partial charge is 0.0793 e. The quantitative estimate of drug-likeness (QED) is 0.778. The number of nitrogens with two attached hydrogens (primary N) is 1. The van der Waals surface area contributed by atoms with E-state index >= 15 is 0 Å². The fourth-order valence-corrected chi connectivity index (χ4v) is 1.40. The molecule has 0 aliphatic carbocycles. The normalized spacial score (nSPS) is 12.8. The van der Waals surface area contributed by atoms with Gasteiger partial charge in [-0.05, 0) is 37.4 Å². The van der Waals surface area contributed by atoms with Crippen molar-refractivity contribution in [1.29, 1.82) is 0 Å². The largest absolute Gasteiger partial charge is 0.377 e. The molecule has 0 aliphatic heterocycles. The van der Waals surface area contributed by atoms with Gasteiger partial charge in [-0.25, -0.2) is 0 Å². The van der Waals surface area contributed by atoms with Crippen molar-refractivity contribution in [2.24, 2.45) is 5.73 Å². The zero-order chi connectivity index (χ0) is 10.4. The second-order valence-electron chi connectivity index (χ2n) is 3.51. The number of hydrogen-bond acceptors (Lipinski definition) is 2. The van der Waals surface area contributed by atoms with Crippen molar-refractivity contribution in [2.75, 3.05) is 13.7 Å². The summed E-state index contributed by atoms with van der Waals surface area (Å²) in [6, 6.07) is 8.56. The molecule has 0 aromatic heterocycles. The van der Waals surface area contributed by atoms with Crippen LogP contribution in [0.2, 0.25) is 0 Å². The Kier molecular flexibility index (Phi) is 4.63. The van der Waals surface area contributed by atoms with Crippen LogP contribution in [0.5, 0.6) is 0 Å². The average molecular weight is 193 g/mol. The number of methoxy groups -OCH3 is 1. The van der Waals surface area contributed by atoms with E-state index in [4.69, 9.17) is 10.5 Å². The van der Waals surface area contributed by atoms with Gasteiger partial charge in [0.2, 0.25) is 0 Å². The highest BCUT2D eigenvalue weighted by Crippen LogP contribution is 2.16. The van der Waals surface area contributed by atoms with Crippen LogP contribution in [0.1, 0.15) is 30.6 Å². The Hall–Kier alpha value is -0.860. The van der Waals surface area contributed by atoms with Crippen molar-refractivity contribution in [3.8, 4) is 0 Å². The molecule has 1 atom stereocenters. The minimum Gasteiger partial charge on any atom is -0.377 e. The van der Waals surface area contributed by atoms with Crippen LogP contribution in [0.25, 0.3) is 0 Å². The Labute approximate surface area is 86.1 Å². The summed E-state index contributed by atoms with van der Waals surface area (Å²) in [6.07, 6.45) is 2.30. The van der Waals surface area contributed by atoms with Crippen molar-refractivity contribution in [3.63, 3.8) is 0 Å². The summed E-state index contributed by atoms with van der Waals surface area (Å²) in [5, 5.41) is 0. The standard InChI is InChI=1S/C12H19NO/c1-10(14-2)12-7-5-11(6-8-12)4-3-9-13/h5-8,10H,3-4,9,13H2,1-2H3. The lowest BCUT2D eigenvalue weighted by Crippen LogP contribution is -2.01. The average Bonchev–Trinajstić information content (AvgIpc) is 2.26. The lowest BCUT2D eigenvalue weighted by atomic mass is 10.0. The molecule has 2 nitrogen and oxygen atoms in total. The van der Waals surface area contributed by atoms with Gasteiger partial charge in [-0.3, -0.25) is 0 Å². The summed E-state index contributed by atoms with van der Waals surface area (Å²) in [4.78, 5) is 0. The predicted molar refractivity (Wildman–Crippen MR) is 59.2 cm³/mol.